The fraction of sp³-hybridized carbons (Fsp3) is 0.176. The number of hydrogen-bond donors (Lipinski definition) is 1. The van der Waals surface area contributed by atoms with Gasteiger partial charge in [0.05, 0.1) is 5.75 Å². The molecule has 1 N–H and O–H groups in total. The zero-order valence-electron chi connectivity index (χ0n) is 13.3. The van der Waals surface area contributed by atoms with Gasteiger partial charge in [0.25, 0.3) is 5.91 Å². The molecule has 0 atom stereocenters. The van der Waals surface area contributed by atoms with Gasteiger partial charge in [-0.15, -0.1) is 0 Å². The molecule has 0 radical (unpaired) electrons. The highest BCUT2D eigenvalue weighted by Crippen LogP contribution is 2.33. The van der Waals surface area contributed by atoms with E-state index in [2.05, 4.69) is 16.9 Å². The number of carbonyl (C=O) groups is 1. The number of aromatic nitrogens is 1. The predicted octanol–water partition coefficient (Wildman–Crippen LogP) is 5.65. The van der Waals surface area contributed by atoms with E-state index in [9.17, 15) is 4.79 Å². The molecular formula is C17H17ClN2O2S2. The minimum absolute atomic E-state index is 0.243. The maximum absolute atomic E-state index is 12.3. The first-order valence-electron chi connectivity index (χ1n) is 7.10. The van der Waals surface area contributed by atoms with Crippen molar-refractivity contribution in [3.8, 4) is 0 Å². The van der Waals surface area contributed by atoms with Crippen molar-refractivity contribution in [2.75, 3.05) is 11.6 Å². The Kier molecular flexibility index (Phi) is 6.90. The summed E-state index contributed by atoms with van der Waals surface area (Å²) in [5.74, 6) is 1.37. The van der Waals surface area contributed by atoms with Gasteiger partial charge in [-0.05, 0) is 25.3 Å². The van der Waals surface area contributed by atoms with Gasteiger partial charge in [-0.25, -0.2) is 4.98 Å². The van der Waals surface area contributed by atoms with Crippen LogP contribution in [0.4, 0.5) is 5.00 Å². The Bertz CT molecular complexity index is 790. The fourth-order valence-corrected chi connectivity index (χ4v) is 3.42. The lowest BCUT2D eigenvalue weighted by Crippen LogP contribution is -2.10. The van der Waals surface area contributed by atoms with Crippen LogP contribution in [0.1, 0.15) is 28.2 Å². The number of anilines is 1. The van der Waals surface area contributed by atoms with E-state index in [4.69, 9.17) is 16.0 Å². The molecule has 0 unspecified atom stereocenters. The molecule has 0 bridgehead atoms. The topological polar surface area (TPSA) is 55.1 Å². The molecule has 2 heterocycles. The molecule has 7 heteroatoms. The van der Waals surface area contributed by atoms with Gasteiger partial charge < -0.3 is 9.73 Å². The monoisotopic (exact) mass is 380 g/mol. The van der Waals surface area contributed by atoms with Gasteiger partial charge in [0, 0.05) is 5.57 Å². The molecule has 2 aromatic heterocycles. The summed E-state index contributed by atoms with van der Waals surface area (Å²) in [6.07, 6.45) is 9.35. The summed E-state index contributed by atoms with van der Waals surface area (Å²) in [5, 5.41) is 4.15. The van der Waals surface area contributed by atoms with Crippen LogP contribution in [0.5, 0.6) is 0 Å². The minimum Gasteiger partial charge on any atom is -0.455 e. The van der Waals surface area contributed by atoms with Crippen molar-refractivity contribution in [2.45, 2.75) is 12.7 Å². The largest absolute Gasteiger partial charge is 0.455 e. The van der Waals surface area contributed by atoms with E-state index in [1.165, 1.54) is 11.3 Å². The van der Waals surface area contributed by atoms with E-state index in [0.29, 0.717) is 10.0 Å². The molecule has 4 nitrogen and oxygen atoms in total. The summed E-state index contributed by atoms with van der Waals surface area (Å²) in [7, 11) is 0. The Balaban J connectivity index is 2.17. The van der Waals surface area contributed by atoms with Crippen LogP contribution in [0.2, 0.25) is 5.15 Å². The summed E-state index contributed by atoms with van der Waals surface area (Å²) < 4.78 is 5.50. The Morgan fingerprint density at radius 1 is 1.54 bits per heavy atom. The molecule has 0 aromatic carbocycles. The number of nitrogens with zero attached hydrogens (tertiary/aromatic N) is 1. The number of nitrogens with one attached hydrogen (secondary N) is 1. The lowest BCUT2D eigenvalue weighted by molar-refractivity contribution is 0.0995. The van der Waals surface area contributed by atoms with Crippen LogP contribution in [-0.4, -0.2) is 17.1 Å². The highest BCUT2D eigenvalue weighted by atomic mass is 35.5. The summed E-state index contributed by atoms with van der Waals surface area (Å²) in [6.45, 7) is 5.70. The molecule has 2 rings (SSSR count). The summed E-state index contributed by atoms with van der Waals surface area (Å²) in [4.78, 5) is 16.5. The number of halogens is 1. The molecule has 126 valence electrons. The SMILES string of the molecule is C=C/C(=C\C=C/C)c1nc(Cl)c(NC(=O)c2ccc(CSC)o2)s1. The Morgan fingerprint density at radius 3 is 3.00 bits per heavy atom. The molecule has 0 fully saturated rings. The van der Waals surface area contributed by atoms with Gasteiger partial charge in [-0.2, -0.15) is 11.8 Å². The third kappa shape index (κ3) is 4.63. The molecule has 0 aliphatic heterocycles. The number of thioether (sulfide) groups is 1. The number of hydrogen-bond acceptors (Lipinski definition) is 5. The van der Waals surface area contributed by atoms with Crippen LogP contribution >= 0.6 is 34.7 Å². The summed E-state index contributed by atoms with van der Waals surface area (Å²) in [6, 6.07) is 3.44. The molecule has 0 saturated carbocycles. The second-order valence-electron chi connectivity index (χ2n) is 4.64. The second-order valence-corrected chi connectivity index (χ2v) is 6.87. The second kappa shape index (κ2) is 8.92. The van der Waals surface area contributed by atoms with E-state index in [1.807, 2.05) is 31.4 Å². The number of furan rings is 1. The molecule has 1 amide bonds. The Morgan fingerprint density at radius 2 is 2.33 bits per heavy atom. The van der Waals surface area contributed by atoms with E-state index in [0.717, 1.165) is 17.1 Å². The molecule has 24 heavy (non-hydrogen) atoms. The minimum atomic E-state index is -0.350. The fourth-order valence-electron chi connectivity index (χ4n) is 1.81. The zero-order chi connectivity index (χ0) is 17.5. The number of rotatable bonds is 7. The molecule has 2 aromatic rings. The highest BCUT2D eigenvalue weighted by molar-refractivity contribution is 7.97. The summed E-state index contributed by atoms with van der Waals surface area (Å²) in [5.41, 5.74) is 0.834. The first kappa shape index (κ1) is 18.6. The van der Waals surface area contributed by atoms with Gasteiger partial charge >= 0.3 is 0 Å². The van der Waals surface area contributed by atoms with Gasteiger partial charge in [0.2, 0.25) is 0 Å². The standard InChI is InChI=1S/C17H17ClN2O2S2/c1-4-6-7-11(5-2)16-19-14(18)17(24-16)20-15(21)13-9-8-12(22-13)10-23-3/h4-9H,2,10H2,1,3H3,(H,20,21)/b6-4-,11-7+. The first-order chi connectivity index (χ1) is 11.6. The van der Waals surface area contributed by atoms with Crippen LogP contribution in [0.15, 0.2) is 47.4 Å². The first-order valence-corrected chi connectivity index (χ1v) is 9.69. The molecular weight excluding hydrogens is 364 g/mol. The molecule has 0 spiro atoms. The van der Waals surface area contributed by atoms with Crippen LogP contribution in [0.3, 0.4) is 0 Å². The lowest BCUT2D eigenvalue weighted by atomic mass is 10.2. The van der Waals surface area contributed by atoms with Crippen molar-refractivity contribution in [1.29, 1.82) is 0 Å². The Labute approximate surface area is 154 Å². The number of carbonyl (C=O) groups excluding carboxylic acids is 1. The van der Waals surface area contributed by atoms with Crippen molar-refractivity contribution in [3.63, 3.8) is 0 Å². The quantitative estimate of drug-likeness (QED) is 0.630. The van der Waals surface area contributed by atoms with Gasteiger partial charge in [0.15, 0.2) is 10.9 Å². The molecule has 0 aliphatic carbocycles. The zero-order valence-corrected chi connectivity index (χ0v) is 15.7. The van der Waals surface area contributed by atoms with Gasteiger partial charge in [-0.3, -0.25) is 4.79 Å². The third-order valence-corrected chi connectivity index (χ3v) is 4.90. The summed E-state index contributed by atoms with van der Waals surface area (Å²) >= 11 is 9.05. The van der Waals surface area contributed by atoms with Gasteiger partial charge in [0.1, 0.15) is 15.8 Å². The van der Waals surface area contributed by atoms with E-state index >= 15 is 0 Å². The molecule has 0 aliphatic rings. The Hall–Kier alpha value is -1.76. The van der Waals surface area contributed by atoms with Crippen LogP contribution in [-0.2, 0) is 5.75 Å². The van der Waals surface area contributed by atoms with Crippen LogP contribution in [0, 0.1) is 0 Å². The molecule has 0 saturated heterocycles. The lowest BCUT2D eigenvalue weighted by Gasteiger charge is -1.99. The highest BCUT2D eigenvalue weighted by Gasteiger charge is 2.17. The maximum atomic E-state index is 12.3. The van der Waals surface area contributed by atoms with E-state index in [1.54, 1.807) is 30.0 Å². The van der Waals surface area contributed by atoms with E-state index in [-0.39, 0.29) is 16.8 Å². The predicted molar refractivity (Wildman–Crippen MR) is 104 cm³/mol. The van der Waals surface area contributed by atoms with Crippen LogP contribution < -0.4 is 5.32 Å². The average Bonchev–Trinajstić information content (AvgIpc) is 3.16. The number of allylic oxidation sites excluding steroid dienone is 5. The smallest absolute Gasteiger partial charge is 0.292 e. The van der Waals surface area contributed by atoms with Crippen molar-refractivity contribution in [3.05, 3.63) is 64.7 Å². The van der Waals surface area contributed by atoms with Crippen molar-refractivity contribution in [2.24, 2.45) is 0 Å². The van der Waals surface area contributed by atoms with E-state index < -0.39 is 0 Å². The van der Waals surface area contributed by atoms with Crippen molar-refractivity contribution in [1.82, 2.24) is 4.98 Å². The number of thiazole rings is 1. The van der Waals surface area contributed by atoms with Gasteiger partial charge in [-0.1, -0.05) is 53.8 Å². The number of amides is 1. The van der Waals surface area contributed by atoms with Crippen molar-refractivity contribution >= 4 is 51.2 Å². The average molecular weight is 381 g/mol. The van der Waals surface area contributed by atoms with Crippen LogP contribution in [0.25, 0.3) is 5.57 Å². The third-order valence-electron chi connectivity index (χ3n) is 2.92. The normalized spacial score (nSPS) is 11.9. The van der Waals surface area contributed by atoms with Crippen molar-refractivity contribution < 1.29 is 9.21 Å². The maximum Gasteiger partial charge on any atom is 0.292 e.